The van der Waals surface area contributed by atoms with E-state index in [1.165, 1.54) is 41.4 Å². The Hall–Kier alpha value is -0.297. The molecule has 0 amide bonds. The molecule has 1 unspecified atom stereocenters. The van der Waals surface area contributed by atoms with E-state index in [1.807, 2.05) is 12.1 Å². The van der Waals surface area contributed by atoms with Crippen LogP contribution in [0.3, 0.4) is 0 Å². The van der Waals surface area contributed by atoms with E-state index in [4.69, 9.17) is 4.42 Å². The number of halogens is 2. The molecule has 0 saturated heterocycles. The molecule has 1 nitrogen and oxygen atoms in total. The van der Waals surface area contributed by atoms with Crippen molar-refractivity contribution in [3.63, 3.8) is 0 Å². The minimum atomic E-state index is 0. The molecule has 0 N–H and O–H groups in total. The maximum atomic E-state index is 5.47. The van der Waals surface area contributed by atoms with Crippen LogP contribution in [0.25, 0.3) is 11.6 Å². The standard InChI is InChI=1S/C13H9O.2ClH.Zr/c1-2-5-11-9-12(8-10(11)4-1)13-6-3-7-14-13;;;/h1-9H;2*1H;/q;;;+2/p-2. The molecule has 1 aromatic carbocycles. The third-order valence-electron chi connectivity index (χ3n) is 2.73. The number of furan rings is 1. The van der Waals surface area contributed by atoms with Crippen molar-refractivity contribution in [1.82, 2.24) is 0 Å². The van der Waals surface area contributed by atoms with Gasteiger partial charge in [-0.05, 0) is 0 Å². The SMILES string of the molecule is [Cl-].[Cl-].[Zr+2][CH]1C(c2ccco2)=Cc2ccccc21. The normalized spacial score (nSPS) is 16.6. The van der Waals surface area contributed by atoms with Crippen molar-refractivity contribution in [2.45, 2.75) is 3.63 Å². The number of allylic oxidation sites excluding steroid dienone is 1. The topological polar surface area (TPSA) is 13.1 Å². The molecule has 1 aromatic heterocycles. The molecule has 0 spiro atoms. The molecule has 17 heavy (non-hydrogen) atoms. The number of benzene rings is 1. The van der Waals surface area contributed by atoms with E-state index < -0.39 is 0 Å². The Labute approximate surface area is 128 Å². The zero-order chi connectivity index (χ0) is 10.3. The summed E-state index contributed by atoms with van der Waals surface area (Å²) in [5.74, 6) is 1.01. The zero-order valence-electron chi connectivity index (χ0n) is 8.86. The third kappa shape index (κ3) is 2.60. The molecule has 1 aliphatic carbocycles. The fourth-order valence-electron chi connectivity index (χ4n) is 1.98. The van der Waals surface area contributed by atoms with Gasteiger partial charge in [0.25, 0.3) is 0 Å². The van der Waals surface area contributed by atoms with Gasteiger partial charge in [-0.3, -0.25) is 0 Å². The summed E-state index contributed by atoms with van der Waals surface area (Å²) in [4.78, 5) is 0. The second kappa shape index (κ2) is 6.04. The first-order valence-corrected chi connectivity index (χ1v) is 6.34. The molecule has 0 bridgehead atoms. The van der Waals surface area contributed by atoms with E-state index in [-0.39, 0.29) is 24.8 Å². The van der Waals surface area contributed by atoms with Crippen molar-refractivity contribution in [3.8, 4) is 0 Å². The van der Waals surface area contributed by atoms with Gasteiger partial charge in [-0.2, -0.15) is 0 Å². The van der Waals surface area contributed by atoms with Crippen molar-refractivity contribution in [2.75, 3.05) is 0 Å². The Morgan fingerprint density at radius 3 is 2.41 bits per heavy atom. The number of fused-ring (bicyclic) bond motifs is 1. The van der Waals surface area contributed by atoms with Gasteiger partial charge >= 0.3 is 104 Å². The molecule has 0 aliphatic heterocycles. The van der Waals surface area contributed by atoms with Gasteiger partial charge in [0.2, 0.25) is 0 Å². The Balaban J connectivity index is 0.000000722. The summed E-state index contributed by atoms with van der Waals surface area (Å²) in [5, 5.41) is 0. The van der Waals surface area contributed by atoms with Crippen LogP contribution in [0.15, 0.2) is 47.1 Å². The Bertz CT molecular complexity index is 520. The van der Waals surface area contributed by atoms with E-state index >= 15 is 0 Å². The molecule has 0 fully saturated rings. The predicted octanol–water partition coefficient (Wildman–Crippen LogP) is -2.57. The summed E-state index contributed by atoms with van der Waals surface area (Å²) in [5.41, 5.74) is 4.09. The third-order valence-corrected chi connectivity index (χ3v) is 4.26. The van der Waals surface area contributed by atoms with E-state index in [9.17, 15) is 0 Å². The molecule has 85 valence electrons. The van der Waals surface area contributed by atoms with Crippen LogP contribution in [-0.4, -0.2) is 0 Å². The van der Waals surface area contributed by atoms with Crippen LogP contribution in [0.5, 0.6) is 0 Å². The predicted molar refractivity (Wildman–Crippen MR) is 55.8 cm³/mol. The average Bonchev–Trinajstić information content (AvgIpc) is 2.87. The van der Waals surface area contributed by atoms with Crippen LogP contribution < -0.4 is 24.8 Å². The molecule has 4 heteroatoms. The minimum absolute atomic E-state index is 0. The van der Waals surface area contributed by atoms with E-state index in [0.717, 1.165) is 5.76 Å². The summed E-state index contributed by atoms with van der Waals surface area (Å²) >= 11 is 1.51. The van der Waals surface area contributed by atoms with Crippen LogP contribution in [0.2, 0.25) is 0 Å². The fourth-order valence-corrected chi connectivity index (χ4v) is 3.18. The Morgan fingerprint density at radius 2 is 1.76 bits per heavy atom. The van der Waals surface area contributed by atoms with Crippen LogP contribution >= 0.6 is 0 Å². The van der Waals surface area contributed by atoms with Crippen molar-refractivity contribution in [2.24, 2.45) is 0 Å². The second-order valence-corrected chi connectivity index (χ2v) is 5.06. The van der Waals surface area contributed by atoms with Gasteiger partial charge in [0, 0.05) is 0 Å². The molecular formula is C13H9Cl2OZr. The fraction of sp³-hybridized carbons (Fsp3) is 0.0769. The van der Waals surface area contributed by atoms with Gasteiger partial charge in [0.05, 0.1) is 0 Å². The quantitative estimate of drug-likeness (QED) is 0.555. The molecule has 1 heterocycles. The van der Waals surface area contributed by atoms with Crippen LogP contribution in [0.4, 0.5) is 0 Å². The summed E-state index contributed by atoms with van der Waals surface area (Å²) in [7, 11) is 0. The number of hydrogen-bond acceptors (Lipinski definition) is 1. The van der Waals surface area contributed by atoms with Gasteiger partial charge in [0.1, 0.15) is 0 Å². The van der Waals surface area contributed by atoms with Crippen molar-refractivity contribution in [3.05, 3.63) is 59.5 Å². The first kappa shape index (κ1) is 14.8. The van der Waals surface area contributed by atoms with Crippen LogP contribution in [-0.2, 0) is 24.7 Å². The first-order chi connectivity index (χ1) is 7.36. The summed E-state index contributed by atoms with van der Waals surface area (Å²) in [6.07, 6.45) is 3.98. The van der Waals surface area contributed by atoms with Crippen LogP contribution in [0.1, 0.15) is 20.5 Å². The Kier molecular flexibility index (Phi) is 5.25. The van der Waals surface area contributed by atoms with Crippen LogP contribution in [0, 0.1) is 0 Å². The molecule has 3 rings (SSSR count). The molecule has 0 radical (unpaired) electrons. The average molecular weight is 343 g/mol. The molecule has 2 aromatic rings. The first-order valence-electron chi connectivity index (χ1n) is 4.92. The zero-order valence-corrected chi connectivity index (χ0v) is 12.8. The van der Waals surface area contributed by atoms with Gasteiger partial charge in [-0.25, -0.2) is 0 Å². The van der Waals surface area contributed by atoms with Crippen molar-refractivity contribution >= 4 is 11.6 Å². The van der Waals surface area contributed by atoms with Gasteiger partial charge in [0.15, 0.2) is 0 Å². The van der Waals surface area contributed by atoms with Crippen molar-refractivity contribution < 1.29 is 54.0 Å². The van der Waals surface area contributed by atoms with Gasteiger partial charge in [-0.15, -0.1) is 0 Å². The molecule has 1 aliphatic rings. The number of hydrogen-bond donors (Lipinski definition) is 0. The van der Waals surface area contributed by atoms with E-state index in [0.29, 0.717) is 3.63 Å². The summed E-state index contributed by atoms with van der Waals surface area (Å²) in [6, 6.07) is 12.6. The van der Waals surface area contributed by atoms with E-state index in [2.05, 4.69) is 30.3 Å². The van der Waals surface area contributed by atoms with Gasteiger partial charge in [-0.1, -0.05) is 0 Å². The van der Waals surface area contributed by atoms with E-state index in [1.54, 1.807) is 6.26 Å². The Morgan fingerprint density at radius 1 is 1.00 bits per heavy atom. The maximum absolute atomic E-state index is 5.47. The molecule has 0 saturated carbocycles. The number of rotatable bonds is 1. The summed E-state index contributed by atoms with van der Waals surface area (Å²) in [6.45, 7) is 0. The molecule has 1 atom stereocenters. The molecular weight excluding hydrogens is 334 g/mol. The second-order valence-electron chi connectivity index (χ2n) is 3.64. The summed E-state index contributed by atoms with van der Waals surface area (Å²) < 4.78 is 5.99. The monoisotopic (exact) mass is 341 g/mol. The van der Waals surface area contributed by atoms with Crippen molar-refractivity contribution in [1.29, 1.82) is 0 Å². The van der Waals surface area contributed by atoms with Gasteiger partial charge < -0.3 is 24.8 Å².